The molecule has 0 aliphatic rings. The molecule has 3 aromatic rings. The van der Waals surface area contributed by atoms with Gasteiger partial charge in [-0.25, -0.2) is 10.1 Å². The Balaban J connectivity index is 1.77. The molecule has 8 heteroatoms. The molecule has 25 heavy (non-hydrogen) atoms. The maximum atomic E-state index is 5.95. The highest BCUT2D eigenvalue weighted by Crippen LogP contribution is 2.30. The first kappa shape index (κ1) is 16.3. The molecular formula is C17H18N6O2. The summed E-state index contributed by atoms with van der Waals surface area (Å²) in [4.78, 5) is 0. The molecule has 0 atom stereocenters. The van der Waals surface area contributed by atoms with E-state index in [0.29, 0.717) is 24.1 Å². The van der Waals surface area contributed by atoms with Gasteiger partial charge in [-0.2, -0.15) is 5.10 Å². The van der Waals surface area contributed by atoms with Gasteiger partial charge >= 0.3 is 0 Å². The summed E-state index contributed by atoms with van der Waals surface area (Å²) >= 11 is 0. The Kier molecular flexibility index (Phi) is 5.10. The minimum absolute atomic E-state index is 0.325. The van der Waals surface area contributed by atoms with E-state index in [0.717, 1.165) is 11.1 Å². The van der Waals surface area contributed by atoms with Crippen molar-refractivity contribution in [2.75, 3.05) is 18.4 Å². The fraction of sp³-hybridized carbons (Fsp3) is 0.118. The Bertz CT molecular complexity index is 847. The van der Waals surface area contributed by atoms with E-state index in [1.54, 1.807) is 13.3 Å². The first-order valence-electron chi connectivity index (χ1n) is 7.56. The average molecular weight is 338 g/mol. The smallest absolute Gasteiger partial charge is 0.263 e. The second-order valence-electron chi connectivity index (χ2n) is 5.08. The van der Waals surface area contributed by atoms with Gasteiger partial charge in [-0.15, -0.1) is 10.2 Å². The topological polar surface area (TPSA) is 99.6 Å². The number of hydrazone groups is 1. The van der Waals surface area contributed by atoms with Crippen molar-refractivity contribution < 1.29 is 9.47 Å². The Hall–Kier alpha value is -3.55. The minimum atomic E-state index is 0.325. The predicted octanol–water partition coefficient (Wildman–Crippen LogP) is 2.03. The van der Waals surface area contributed by atoms with Crippen LogP contribution in [0.3, 0.4) is 0 Å². The molecule has 128 valence electrons. The van der Waals surface area contributed by atoms with Crippen molar-refractivity contribution >= 4 is 12.2 Å². The van der Waals surface area contributed by atoms with Crippen molar-refractivity contribution in [2.45, 2.75) is 6.61 Å². The normalized spacial score (nSPS) is 10.8. The van der Waals surface area contributed by atoms with Gasteiger partial charge < -0.3 is 15.3 Å². The average Bonchev–Trinajstić information content (AvgIpc) is 3.06. The first-order chi connectivity index (χ1) is 12.3. The van der Waals surface area contributed by atoms with Crippen LogP contribution in [-0.4, -0.2) is 28.2 Å². The Morgan fingerprint density at radius 2 is 2.04 bits per heavy atom. The molecule has 8 nitrogen and oxygen atoms in total. The monoisotopic (exact) mass is 338 g/mol. The minimum Gasteiger partial charge on any atom is -0.493 e. The van der Waals surface area contributed by atoms with E-state index in [4.69, 9.17) is 15.3 Å². The number of para-hydroxylation sites is 1. The van der Waals surface area contributed by atoms with E-state index in [2.05, 4.69) is 20.7 Å². The van der Waals surface area contributed by atoms with Crippen LogP contribution in [0.4, 0.5) is 5.95 Å². The fourth-order valence-electron chi connectivity index (χ4n) is 2.16. The van der Waals surface area contributed by atoms with E-state index in [1.165, 1.54) is 11.0 Å². The number of hydrogen-bond donors (Lipinski definition) is 2. The zero-order valence-electron chi connectivity index (χ0n) is 13.7. The second-order valence-corrected chi connectivity index (χ2v) is 5.08. The summed E-state index contributed by atoms with van der Waals surface area (Å²) < 4.78 is 12.6. The Labute approximate surface area is 144 Å². The van der Waals surface area contributed by atoms with Crippen LogP contribution < -0.4 is 20.7 Å². The summed E-state index contributed by atoms with van der Waals surface area (Å²) in [6, 6.07) is 15.5. The number of nitrogens with zero attached hydrogens (tertiary/aromatic N) is 4. The molecule has 0 bridgehead atoms. The van der Waals surface area contributed by atoms with Gasteiger partial charge in [0.1, 0.15) is 12.9 Å². The van der Waals surface area contributed by atoms with Crippen molar-refractivity contribution in [1.29, 1.82) is 0 Å². The number of nitrogen functional groups attached to an aromatic ring is 1. The van der Waals surface area contributed by atoms with Crippen LogP contribution in [0.1, 0.15) is 11.1 Å². The van der Waals surface area contributed by atoms with Gasteiger partial charge in [-0.1, -0.05) is 36.4 Å². The van der Waals surface area contributed by atoms with Gasteiger partial charge in [0.2, 0.25) is 0 Å². The maximum Gasteiger partial charge on any atom is 0.263 e. The zero-order chi connectivity index (χ0) is 17.5. The molecule has 3 N–H and O–H groups in total. The summed E-state index contributed by atoms with van der Waals surface area (Å²) in [5.41, 5.74) is 4.53. The molecule has 0 spiro atoms. The standard InChI is InChI=1S/C17H18N6O2/c1-24-15-9-5-8-14(10-19-21-17-22-20-12-23(17)18)16(15)25-11-13-6-3-2-4-7-13/h2-10,12H,11,18H2,1H3,(H,21,22). The van der Waals surface area contributed by atoms with E-state index < -0.39 is 0 Å². The molecule has 1 heterocycles. The lowest BCUT2D eigenvalue weighted by Crippen LogP contribution is -2.10. The van der Waals surface area contributed by atoms with E-state index in [-0.39, 0.29) is 0 Å². The van der Waals surface area contributed by atoms with E-state index in [9.17, 15) is 0 Å². The van der Waals surface area contributed by atoms with Crippen LogP contribution in [-0.2, 0) is 6.61 Å². The third-order valence-corrected chi connectivity index (χ3v) is 3.40. The quantitative estimate of drug-likeness (QED) is 0.388. The van der Waals surface area contributed by atoms with Gasteiger partial charge in [0.25, 0.3) is 5.95 Å². The van der Waals surface area contributed by atoms with Crippen molar-refractivity contribution in [3.63, 3.8) is 0 Å². The number of aromatic nitrogens is 3. The summed E-state index contributed by atoms with van der Waals surface area (Å²) in [6.07, 6.45) is 2.98. The lowest BCUT2D eigenvalue weighted by molar-refractivity contribution is 0.284. The molecule has 1 aromatic heterocycles. The third kappa shape index (κ3) is 4.05. The highest BCUT2D eigenvalue weighted by Gasteiger charge is 2.10. The molecule has 0 aliphatic carbocycles. The SMILES string of the molecule is COc1cccc(C=NNc2nncn2N)c1OCc1ccccc1. The van der Waals surface area contributed by atoms with Crippen molar-refractivity contribution in [3.8, 4) is 11.5 Å². The molecule has 0 radical (unpaired) electrons. The van der Waals surface area contributed by atoms with Crippen molar-refractivity contribution in [3.05, 3.63) is 66.0 Å². The van der Waals surface area contributed by atoms with Crippen LogP contribution in [0.5, 0.6) is 11.5 Å². The molecule has 0 aliphatic heterocycles. The summed E-state index contributed by atoms with van der Waals surface area (Å²) in [7, 11) is 1.60. The summed E-state index contributed by atoms with van der Waals surface area (Å²) in [6.45, 7) is 0.423. The van der Waals surface area contributed by atoms with Crippen LogP contribution in [0.2, 0.25) is 0 Å². The molecular weight excluding hydrogens is 320 g/mol. The first-order valence-corrected chi connectivity index (χ1v) is 7.56. The highest BCUT2D eigenvalue weighted by molar-refractivity contribution is 5.85. The largest absolute Gasteiger partial charge is 0.493 e. The molecule has 0 fully saturated rings. The van der Waals surface area contributed by atoms with E-state index >= 15 is 0 Å². The number of nitrogens with one attached hydrogen (secondary N) is 1. The number of ether oxygens (including phenoxy) is 2. The van der Waals surface area contributed by atoms with Crippen molar-refractivity contribution in [1.82, 2.24) is 14.9 Å². The molecule has 0 unspecified atom stereocenters. The Morgan fingerprint density at radius 1 is 1.20 bits per heavy atom. The molecule has 0 saturated carbocycles. The van der Waals surface area contributed by atoms with Crippen LogP contribution in [0, 0.1) is 0 Å². The number of methoxy groups -OCH3 is 1. The third-order valence-electron chi connectivity index (χ3n) is 3.40. The number of nitrogens with two attached hydrogens (primary N) is 1. The molecule has 0 saturated heterocycles. The van der Waals surface area contributed by atoms with Crippen LogP contribution in [0.25, 0.3) is 0 Å². The summed E-state index contributed by atoms with van der Waals surface area (Å²) in [5, 5.41) is 11.6. The van der Waals surface area contributed by atoms with Crippen LogP contribution in [0.15, 0.2) is 60.0 Å². The summed E-state index contributed by atoms with van der Waals surface area (Å²) in [5.74, 6) is 7.18. The predicted molar refractivity (Wildman–Crippen MR) is 95.2 cm³/mol. The van der Waals surface area contributed by atoms with Gasteiger partial charge in [-0.05, 0) is 17.7 Å². The fourth-order valence-corrected chi connectivity index (χ4v) is 2.16. The number of hydrogen-bond acceptors (Lipinski definition) is 7. The molecule has 3 rings (SSSR count). The van der Waals surface area contributed by atoms with Gasteiger partial charge in [0.15, 0.2) is 11.5 Å². The zero-order valence-corrected chi connectivity index (χ0v) is 13.7. The van der Waals surface area contributed by atoms with Gasteiger partial charge in [0.05, 0.1) is 13.3 Å². The lowest BCUT2D eigenvalue weighted by atomic mass is 10.2. The van der Waals surface area contributed by atoms with Gasteiger partial charge in [0, 0.05) is 5.56 Å². The van der Waals surface area contributed by atoms with Crippen molar-refractivity contribution in [2.24, 2.45) is 5.10 Å². The maximum absolute atomic E-state index is 5.95. The number of rotatable bonds is 7. The van der Waals surface area contributed by atoms with Gasteiger partial charge in [-0.3, -0.25) is 0 Å². The Morgan fingerprint density at radius 3 is 2.76 bits per heavy atom. The van der Waals surface area contributed by atoms with E-state index in [1.807, 2.05) is 48.5 Å². The molecule has 0 amide bonds. The van der Waals surface area contributed by atoms with Crippen LogP contribution >= 0.6 is 0 Å². The highest BCUT2D eigenvalue weighted by atomic mass is 16.5. The lowest BCUT2D eigenvalue weighted by Gasteiger charge is -2.13. The number of anilines is 1. The number of benzene rings is 2. The second kappa shape index (κ2) is 7.82. The molecule has 2 aromatic carbocycles.